The van der Waals surface area contributed by atoms with E-state index in [0.29, 0.717) is 5.02 Å². The molecule has 0 saturated carbocycles. The van der Waals surface area contributed by atoms with Crippen LogP contribution in [0.3, 0.4) is 0 Å². The van der Waals surface area contributed by atoms with E-state index in [2.05, 4.69) is 27.7 Å². The van der Waals surface area contributed by atoms with Crippen LogP contribution >= 0.6 is 11.6 Å². The van der Waals surface area contributed by atoms with Gasteiger partial charge in [-0.05, 0) is 28.7 Å². The molecule has 0 bridgehead atoms. The first-order valence-electron chi connectivity index (χ1n) is 4.78. The zero-order valence-corrected chi connectivity index (χ0v) is 9.67. The normalized spacial score (nSPS) is 21.3. The van der Waals surface area contributed by atoms with Crippen LogP contribution in [0.25, 0.3) is 0 Å². The molecule has 1 aromatic carbocycles. The third kappa shape index (κ3) is 0.939. The topological polar surface area (TPSA) is 0 Å². The van der Waals surface area contributed by atoms with Crippen LogP contribution in [-0.2, 0) is 10.8 Å². The maximum Gasteiger partial charge on any atom is 0.128 e. The van der Waals surface area contributed by atoms with Crippen molar-refractivity contribution in [3.8, 4) is 0 Å². The van der Waals surface area contributed by atoms with E-state index in [4.69, 9.17) is 11.6 Å². The molecule has 0 heterocycles. The van der Waals surface area contributed by atoms with Crippen LogP contribution in [0, 0.1) is 5.82 Å². The highest BCUT2D eigenvalue weighted by Crippen LogP contribution is 2.56. The molecule has 2 heteroatoms. The summed E-state index contributed by atoms with van der Waals surface area (Å²) in [5.74, 6) is -0.170. The van der Waals surface area contributed by atoms with Crippen molar-refractivity contribution in [2.45, 2.75) is 38.5 Å². The summed E-state index contributed by atoms with van der Waals surface area (Å²) in [5.41, 5.74) is 1.78. The fourth-order valence-corrected chi connectivity index (χ4v) is 2.49. The zero-order chi connectivity index (χ0) is 10.7. The lowest BCUT2D eigenvalue weighted by molar-refractivity contribution is 0.230. The minimum atomic E-state index is -0.170. The Bertz CT molecular complexity index is 405. The Labute approximate surface area is 89.1 Å². The number of hydrogen-bond acceptors (Lipinski definition) is 0. The quantitative estimate of drug-likeness (QED) is 0.609. The van der Waals surface area contributed by atoms with E-state index < -0.39 is 0 Å². The van der Waals surface area contributed by atoms with E-state index in [9.17, 15) is 4.39 Å². The first-order valence-corrected chi connectivity index (χ1v) is 5.16. The maximum atomic E-state index is 13.6. The molecule has 1 aromatic rings. The van der Waals surface area contributed by atoms with E-state index in [1.54, 1.807) is 0 Å². The first kappa shape index (κ1) is 9.97. The van der Waals surface area contributed by atoms with Gasteiger partial charge in [-0.25, -0.2) is 4.39 Å². The van der Waals surface area contributed by atoms with E-state index in [1.807, 2.05) is 6.07 Å². The second kappa shape index (κ2) is 2.52. The van der Waals surface area contributed by atoms with Crippen molar-refractivity contribution >= 4 is 11.6 Å². The number of rotatable bonds is 0. The molecule has 0 spiro atoms. The fourth-order valence-electron chi connectivity index (χ4n) is 2.29. The smallest absolute Gasteiger partial charge is 0.128 e. The molecule has 14 heavy (non-hydrogen) atoms. The van der Waals surface area contributed by atoms with Crippen molar-refractivity contribution in [2.24, 2.45) is 0 Å². The average Bonchev–Trinajstić information content (AvgIpc) is 2.01. The standard InChI is InChI=1S/C12H14ClF/c1-11(2)8-5-7(13)6-9(14)10(8)12(11,3)4/h5-6H,1-4H3. The summed E-state index contributed by atoms with van der Waals surface area (Å²) in [4.78, 5) is 0. The lowest BCUT2D eigenvalue weighted by Crippen LogP contribution is -2.51. The van der Waals surface area contributed by atoms with Crippen molar-refractivity contribution < 1.29 is 4.39 Å². The first-order chi connectivity index (χ1) is 6.28. The Hall–Kier alpha value is -0.560. The van der Waals surface area contributed by atoms with Gasteiger partial charge in [0.2, 0.25) is 0 Å². The van der Waals surface area contributed by atoms with Gasteiger partial charge in [0.15, 0.2) is 0 Å². The van der Waals surface area contributed by atoms with Crippen LogP contribution in [0.5, 0.6) is 0 Å². The van der Waals surface area contributed by atoms with Gasteiger partial charge in [-0.1, -0.05) is 39.3 Å². The van der Waals surface area contributed by atoms with Gasteiger partial charge in [-0.2, -0.15) is 0 Å². The van der Waals surface area contributed by atoms with Gasteiger partial charge in [0.25, 0.3) is 0 Å². The lowest BCUT2D eigenvalue weighted by atomic mass is 9.49. The van der Waals surface area contributed by atoms with E-state index >= 15 is 0 Å². The van der Waals surface area contributed by atoms with Crippen molar-refractivity contribution in [3.05, 3.63) is 34.1 Å². The zero-order valence-electron chi connectivity index (χ0n) is 8.91. The molecule has 0 fully saturated rings. The Balaban J connectivity index is 2.72. The van der Waals surface area contributed by atoms with Crippen LogP contribution < -0.4 is 0 Å². The Morgan fingerprint density at radius 3 is 2.21 bits per heavy atom. The Kier molecular flexibility index (Phi) is 1.79. The number of hydrogen-bond donors (Lipinski definition) is 0. The van der Waals surface area contributed by atoms with E-state index in [1.165, 1.54) is 6.07 Å². The molecule has 0 aliphatic heterocycles. The molecular formula is C12H14ClF. The third-order valence-electron chi connectivity index (χ3n) is 3.92. The van der Waals surface area contributed by atoms with Gasteiger partial charge in [-0.15, -0.1) is 0 Å². The van der Waals surface area contributed by atoms with Gasteiger partial charge in [0, 0.05) is 10.4 Å². The molecule has 1 aliphatic carbocycles. The lowest BCUT2D eigenvalue weighted by Gasteiger charge is -2.54. The number of halogens is 2. The fraction of sp³-hybridized carbons (Fsp3) is 0.500. The SMILES string of the molecule is CC1(C)c2cc(Cl)cc(F)c2C1(C)C. The maximum absolute atomic E-state index is 13.6. The molecule has 2 rings (SSSR count). The van der Waals surface area contributed by atoms with Crippen LogP contribution in [0.2, 0.25) is 5.02 Å². The predicted molar refractivity (Wildman–Crippen MR) is 57.5 cm³/mol. The molecule has 0 N–H and O–H groups in total. The molecule has 0 unspecified atom stereocenters. The second-order valence-corrected chi connectivity index (χ2v) is 5.50. The Morgan fingerprint density at radius 1 is 1.07 bits per heavy atom. The van der Waals surface area contributed by atoms with Crippen LogP contribution in [0.4, 0.5) is 4.39 Å². The second-order valence-electron chi connectivity index (χ2n) is 5.06. The average molecular weight is 213 g/mol. The molecule has 76 valence electrons. The highest BCUT2D eigenvalue weighted by Gasteiger charge is 2.52. The molecule has 0 nitrogen and oxygen atoms in total. The highest BCUT2D eigenvalue weighted by molar-refractivity contribution is 6.30. The summed E-state index contributed by atoms with van der Waals surface area (Å²) in [5, 5.41) is 0.491. The summed E-state index contributed by atoms with van der Waals surface area (Å²) in [6, 6.07) is 3.28. The summed E-state index contributed by atoms with van der Waals surface area (Å²) < 4.78 is 13.6. The minimum Gasteiger partial charge on any atom is -0.207 e. The van der Waals surface area contributed by atoms with Gasteiger partial charge < -0.3 is 0 Å². The highest BCUT2D eigenvalue weighted by atomic mass is 35.5. The number of fused-ring (bicyclic) bond motifs is 1. The van der Waals surface area contributed by atoms with Gasteiger partial charge >= 0.3 is 0 Å². The van der Waals surface area contributed by atoms with Crippen molar-refractivity contribution in [1.29, 1.82) is 0 Å². The summed E-state index contributed by atoms with van der Waals surface area (Å²) >= 11 is 5.84. The van der Waals surface area contributed by atoms with Crippen molar-refractivity contribution in [3.63, 3.8) is 0 Å². The summed E-state index contributed by atoms with van der Waals surface area (Å²) in [7, 11) is 0. The molecule has 0 amide bonds. The molecule has 0 atom stereocenters. The predicted octanol–water partition coefficient (Wildman–Crippen LogP) is 4.05. The van der Waals surface area contributed by atoms with Crippen LogP contribution in [0.15, 0.2) is 12.1 Å². The van der Waals surface area contributed by atoms with E-state index in [-0.39, 0.29) is 16.6 Å². The monoisotopic (exact) mass is 212 g/mol. The Morgan fingerprint density at radius 2 is 1.64 bits per heavy atom. The van der Waals surface area contributed by atoms with Gasteiger partial charge in [0.05, 0.1) is 0 Å². The number of benzene rings is 1. The largest absolute Gasteiger partial charge is 0.207 e. The summed E-state index contributed by atoms with van der Waals surface area (Å²) in [6.45, 7) is 8.41. The van der Waals surface area contributed by atoms with Crippen molar-refractivity contribution in [1.82, 2.24) is 0 Å². The van der Waals surface area contributed by atoms with Gasteiger partial charge in [-0.3, -0.25) is 0 Å². The van der Waals surface area contributed by atoms with Crippen molar-refractivity contribution in [2.75, 3.05) is 0 Å². The molecule has 0 aromatic heterocycles. The molecule has 1 aliphatic rings. The summed E-state index contributed by atoms with van der Waals surface area (Å²) in [6.07, 6.45) is 0. The van der Waals surface area contributed by atoms with Crippen LogP contribution in [-0.4, -0.2) is 0 Å². The van der Waals surface area contributed by atoms with E-state index in [0.717, 1.165) is 11.1 Å². The third-order valence-corrected chi connectivity index (χ3v) is 4.13. The molecular weight excluding hydrogens is 199 g/mol. The molecule has 0 saturated heterocycles. The van der Waals surface area contributed by atoms with Crippen LogP contribution in [0.1, 0.15) is 38.8 Å². The molecule has 0 radical (unpaired) electrons. The van der Waals surface area contributed by atoms with Gasteiger partial charge in [0.1, 0.15) is 5.82 Å². The minimum absolute atomic E-state index is 0.00801.